The summed E-state index contributed by atoms with van der Waals surface area (Å²) in [5, 5.41) is 4.51. The molecule has 0 N–H and O–H groups in total. The van der Waals surface area contributed by atoms with Crippen LogP contribution < -0.4 is 0 Å². The van der Waals surface area contributed by atoms with Gasteiger partial charge in [-0.25, -0.2) is 13.1 Å². The summed E-state index contributed by atoms with van der Waals surface area (Å²) in [5.41, 5.74) is 3.26. The summed E-state index contributed by atoms with van der Waals surface area (Å²) in [6.45, 7) is 3.15. The Bertz CT molecular complexity index is 1150. The molecule has 1 fully saturated rings. The van der Waals surface area contributed by atoms with Crippen LogP contribution in [0, 0.1) is 11.7 Å². The smallest absolute Gasteiger partial charge is 0.203 e. The molecular weight excluding hydrogens is 404 g/mol. The van der Waals surface area contributed by atoms with Gasteiger partial charge < -0.3 is 0 Å². The van der Waals surface area contributed by atoms with Crippen LogP contribution in [0.4, 0.5) is 0 Å². The van der Waals surface area contributed by atoms with Crippen LogP contribution in [0.15, 0.2) is 60.9 Å². The summed E-state index contributed by atoms with van der Waals surface area (Å²) >= 11 is 5.69. The fourth-order valence-corrected chi connectivity index (χ4v) is 5.79. The number of hydrogen-bond donors (Lipinski definition) is 0. The molecule has 8 heteroatoms. The molecule has 1 atom stereocenters. The van der Waals surface area contributed by atoms with E-state index >= 15 is 0 Å². The van der Waals surface area contributed by atoms with Crippen molar-refractivity contribution in [1.82, 2.24) is 19.2 Å². The number of nitrogens with zero attached hydrogens (tertiary/aromatic N) is 4. The molecule has 1 aliphatic heterocycles. The summed E-state index contributed by atoms with van der Waals surface area (Å²) in [4.78, 5) is 2.17. The molecule has 1 aliphatic rings. The third kappa shape index (κ3) is 4.49. The van der Waals surface area contributed by atoms with E-state index in [2.05, 4.69) is 22.1 Å². The van der Waals surface area contributed by atoms with Gasteiger partial charge in [-0.05, 0) is 42.8 Å². The highest BCUT2D eigenvalue weighted by molar-refractivity contribution is 7.91. The van der Waals surface area contributed by atoms with Crippen molar-refractivity contribution in [3.8, 4) is 5.69 Å². The first-order chi connectivity index (χ1) is 13.9. The van der Waals surface area contributed by atoms with Gasteiger partial charge in [0.2, 0.25) is 4.77 Å². The highest BCUT2D eigenvalue weighted by Crippen LogP contribution is 2.21. The number of benzene rings is 2. The molecule has 0 unspecified atom stereocenters. The van der Waals surface area contributed by atoms with E-state index in [-0.39, 0.29) is 17.5 Å². The van der Waals surface area contributed by atoms with Crippen LogP contribution in [0.2, 0.25) is 0 Å². The lowest BCUT2D eigenvalue weighted by atomic mass is 10.1. The maximum Gasteiger partial charge on any atom is 0.203 e. The van der Waals surface area contributed by atoms with Crippen molar-refractivity contribution in [2.24, 2.45) is 0 Å². The first-order valence-corrected chi connectivity index (χ1v) is 11.8. The molecule has 1 saturated heterocycles. The number of hydrogen-bond acceptors (Lipinski definition) is 5. The molecule has 0 radical (unpaired) electrons. The van der Waals surface area contributed by atoms with Gasteiger partial charge in [0, 0.05) is 12.6 Å². The molecule has 0 spiro atoms. The van der Waals surface area contributed by atoms with Crippen LogP contribution in [-0.4, -0.2) is 45.2 Å². The molecule has 29 heavy (non-hydrogen) atoms. The molecule has 152 valence electrons. The van der Waals surface area contributed by atoms with Crippen LogP contribution in [0.1, 0.15) is 17.5 Å². The van der Waals surface area contributed by atoms with E-state index in [9.17, 15) is 8.42 Å². The van der Waals surface area contributed by atoms with Crippen LogP contribution in [0.5, 0.6) is 0 Å². The second kappa shape index (κ2) is 8.22. The lowest BCUT2D eigenvalue weighted by molar-refractivity contribution is 0.146. The minimum absolute atomic E-state index is 0.0364. The van der Waals surface area contributed by atoms with Crippen molar-refractivity contribution < 1.29 is 8.42 Å². The third-order valence-corrected chi connectivity index (χ3v) is 7.54. The number of sulfone groups is 1. The lowest BCUT2D eigenvalue weighted by Crippen LogP contribution is -2.37. The molecular formula is C21H24N4O2S2. The molecule has 6 nitrogen and oxygen atoms in total. The maximum atomic E-state index is 12.1. The van der Waals surface area contributed by atoms with Gasteiger partial charge in [0.05, 0.1) is 23.9 Å². The molecule has 3 aromatic rings. The zero-order valence-corrected chi connectivity index (χ0v) is 17.9. The zero-order chi connectivity index (χ0) is 20.4. The fourth-order valence-electron chi connectivity index (χ4n) is 3.78. The van der Waals surface area contributed by atoms with Gasteiger partial charge in [0.1, 0.15) is 6.33 Å². The maximum absolute atomic E-state index is 12.1. The fraction of sp³-hybridized carbons (Fsp3) is 0.333. The minimum atomic E-state index is -2.98. The Hall–Kier alpha value is -2.29. The molecule has 2 heterocycles. The predicted molar refractivity (Wildman–Crippen MR) is 116 cm³/mol. The van der Waals surface area contributed by atoms with Gasteiger partial charge in [-0.1, -0.05) is 48.5 Å². The lowest BCUT2D eigenvalue weighted by Gasteiger charge is -2.27. The quantitative estimate of drug-likeness (QED) is 0.564. The third-order valence-electron chi connectivity index (χ3n) is 5.38. The van der Waals surface area contributed by atoms with Crippen molar-refractivity contribution in [2.45, 2.75) is 32.6 Å². The van der Waals surface area contributed by atoms with Crippen LogP contribution in [-0.2, 0) is 23.1 Å². The average molecular weight is 429 g/mol. The molecule has 0 aliphatic carbocycles. The Balaban J connectivity index is 1.63. The Morgan fingerprint density at radius 1 is 1.14 bits per heavy atom. The summed E-state index contributed by atoms with van der Waals surface area (Å²) in [7, 11) is -2.98. The minimum Gasteiger partial charge on any atom is -0.276 e. The number of para-hydroxylation sites is 1. The monoisotopic (exact) mass is 428 g/mol. The predicted octanol–water partition coefficient (Wildman–Crippen LogP) is 3.36. The second-order valence-corrected chi connectivity index (χ2v) is 10.1. The normalized spacial score (nSPS) is 18.3. The van der Waals surface area contributed by atoms with E-state index in [1.165, 1.54) is 0 Å². The van der Waals surface area contributed by atoms with E-state index in [4.69, 9.17) is 12.2 Å². The van der Waals surface area contributed by atoms with E-state index in [1.54, 1.807) is 11.0 Å². The average Bonchev–Trinajstić information content (AvgIpc) is 3.25. The molecule has 0 bridgehead atoms. The number of aryl methyl sites for hydroxylation is 1. The van der Waals surface area contributed by atoms with E-state index in [1.807, 2.05) is 54.0 Å². The zero-order valence-electron chi connectivity index (χ0n) is 16.3. The summed E-state index contributed by atoms with van der Waals surface area (Å²) in [6.07, 6.45) is 2.37. The summed E-state index contributed by atoms with van der Waals surface area (Å²) < 4.78 is 28.4. The molecule has 1 aromatic heterocycles. The molecule has 0 amide bonds. The first-order valence-electron chi connectivity index (χ1n) is 9.62. The highest BCUT2D eigenvalue weighted by atomic mass is 32.2. The van der Waals surface area contributed by atoms with Crippen LogP contribution in [0.25, 0.3) is 5.69 Å². The number of aromatic nitrogens is 3. The van der Waals surface area contributed by atoms with Gasteiger partial charge in [0.25, 0.3) is 0 Å². The Morgan fingerprint density at radius 2 is 1.86 bits per heavy atom. The van der Waals surface area contributed by atoms with Gasteiger partial charge >= 0.3 is 0 Å². The SMILES string of the molecule is Cc1ccccc1-n1cnn(CN(Cc2ccccc2)[C@H]2CCS(=O)(=O)C2)c1=S. The van der Waals surface area contributed by atoms with Crippen molar-refractivity contribution in [3.63, 3.8) is 0 Å². The summed E-state index contributed by atoms with van der Waals surface area (Å²) in [6, 6.07) is 18.1. The van der Waals surface area contributed by atoms with Gasteiger partial charge in [-0.15, -0.1) is 0 Å². The Labute approximate surface area is 176 Å². The second-order valence-electron chi connectivity index (χ2n) is 7.50. The number of rotatable bonds is 6. The van der Waals surface area contributed by atoms with E-state index < -0.39 is 9.84 Å². The standard InChI is InChI=1S/C21H24N4O2S2/c1-17-7-5-6-10-20(17)24-15-22-25(21(24)28)16-23(13-18-8-3-2-4-9-18)19-11-12-29(26,27)14-19/h2-10,15,19H,11-14,16H2,1H3/t19-/m0/s1. The van der Waals surface area contributed by atoms with Crippen molar-refractivity contribution in [2.75, 3.05) is 11.5 Å². The van der Waals surface area contributed by atoms with Gasteiger partial charge in [0.15, 0.2) is 9.84 Å². The van der Waals surface area contributed by atoms with E-state index in [0.717, 1.165) is 16.8 Å². The Morgan fingerprint density at radius 3 is 2.55 bits per heavy atom. The largest absolute Gasteiger partial charge is 0.276 e. The summed E-state index contributed by atoms with van der Waals surface area (Å²) in [5.74, 6) is 0.428. The Kier molecular flexibility index (Phi) is 5.67. The first kappa shape index (κ1) is 20.0. The van der Waals surface area contributed by atoms with Gasteiger partial charge in [-0.2, -0.15) is 5.10 Å². The van der Waals surface area contributed by atoms with Crippen molar-refractivity contribution >= 4 is 22.1 Å². The van der Waals surface area contributed by atoms with E-state index in [0.29, 0.717) is 24.4 Å². The molecule has 0 saturated carbocycles. The van der Waals surface area contributed by atoms with Crippen LogP contribution >= 0.6 is 12.2 Å². The van der Waals surface area contributed by atoms with Crippen molar-refractivity contribution in [3.05, 3.63) is 76.8 Å². The highest BCUT2D eigenvalue weighted by Gasteiger charge is 2.32. The topological polar surface area (TPSA) is 60.1 Å². The molecule has 2 aromatic carbocycles. The molecule has 4 rings (SSSR count). The van der Waals surface area contributed by atoms with Crippen LogP contribution in [0.3, 0.4) is 0 Å². The van der Waals surface area contributed by atoms with Gasteiger partial charge in [-0.3, -0.25) is 9.47 Å². The van der Waals surface area contributed by atoms with Crippen molar-refractivity contribution in [1.29, 1.82) is 0 Å².